The van der Waals surface area contributed by atoms with Crippen LogP contribution in [0, 0.1) is 5.92 Å². The molecule has 0 fully saturated rings. The first-order valence-corrected chi connectivity index (χ1v) is 6.01. The van der Waals surface area contributed by atoms with Gasteiger partial charge in [0.1, 0.15) is 0 Å². The molecule has 0 bridgehead atoms. The van der Waals surface area contributed by atoms with E-state index in [9.17, 15) is 0 Å². The zero-order valence-electron chi connectivity index (χ0n) is 10.5. The van der Waals surface area contributed by atoms with Crippen LogP contribution >= 0.6 is 0 Å². The van der Waals surface area contributed by atoms with Crippen LogP contribution in [0.1, 0.15) is 47.0 Å². The van der Waals surface area contributed by atoms with Gasteiger partial charge in [-0.05, 0) is 18.9 Å². The zero-order chi connectivity index (χ0) is 11.0. The Labute approximate surface area is 89.4 Å². The molecule has 0 amide bonds. The van der Waals surface area contributed by atoms with E-state index >= 15 is 0 Å². The summed E-state index contributed by atoms with van der Waals surface area (Å²) in [5.74, 6) is 0.736. The zero-order valence-corrected chi connectivity index (χ0v) is 10.5. The van der Waals surface area contributed by atoms with Crippen LogP contribution in [0.3, 0.4) is 0 Å². The predicted octanol–water partition coefficient (Wildman–Crippen LogP) is 2.83. The molecule has 0 aliphatic rings. The highest BCUT2D eigenvalue weighted by Crippen LogP contribution is 2.19. The lowest BCUT2D eigenvalue weighted by atomic mass is 9.89. The monoisotopic (exact) mass is 201 g/mol. The Bertz CT molecular complexity index is 107. The number of ether oxygens (including phenoxy) is 1. The maximum Gasteiger partial charge on any atom is 0.0724 e. The lowest BCUT2D eigenvalue weighted by molar-refractivity contribution is 0.0433. The van der Waals surface area contributed by atoms with Gasteiger partial charge < -0.3 is 10.1 Å². The Morgan fingerprint density at radius 1 is 1.00 bits per heavy atom. The summed E-state index contributed by atoms with van der Waals surface area (Å²) in [6, 6.07) is 0.519. The van der Waals surface area contributed by atoms with Crippen molar-refractivity contribution in [1.29, 1.82) is 0 Å². The maximum absolute atomic E-state index is 5.54. The van der Waals surface area contributed by atoms with E-state index in [0.717, 1.165) is 18.9 Å². The van der Waals surface area contributed by atoms with Crippen LogP contribution in [0.5, 0.6) is 0 Å². The summed E-state index contributed by atoms with van der Waals surface area (Å²) in [6.07, 6.45) is 3.91. The fourth-order valence-corrected chi connectivity index (χ4v) is 2.20. The van der Waals surface area contributed by atoms with Gasteiger partial charge in [0.2, 0.25) is 0 Å². The van der Waals surface area contributed by atoms with Crippen LogP contribution in [0.4, 0.5) is 0 Å². The minimum absolute atomic E-state index is 0.361. The smallest absolute Gasteiger partial charge is 0.0724 e. The molecule has 0 spiro atoms. The van der Waals surface area contributed by atoms with Gasteiger partial charge >= 0.3 is 0 Å². The molecule has 0 aliphatic carbocycles. The first kappa shape index (κ1) is 13.9. The molecule has 1 N–H and O–H groups in total. The molecule has 2 unspecified atom stereocenters. The minimum Gasteiger partial charge on any atom is -0.380 e. The van der Waals surface area contributed by atoms with Crippen molar-refractivity contribution in [2.45, 2.75) is 59.1 Å². The van der Waals surface area contributed by atoms with Crippen molar-refractivity contribution in [3.63, 3.8) is 0 Å². The fraction of sp³-hybridized carbons (Fsp3) is 1.00. The van der Waals surface area contributed by atoms with Crippen LogP contribution in [0.25, 0.3) is 0 Å². The van der Waals surface area contributed by atoms with Gasteiger partial charge in [-0.25, -0.2) is 0 Å². The first-order chi connectivity index (χ1) is 6.74. The molecule has 0 aromatic heterocycles. The number of hydrogen-bond donors (Lipinski definition) is 1. The number of likely N-dealkylation sites (N-methyl/N-ethyl adjacent to an activating group) is 1. The molecule has 14 heavy (non-hydrogen) atoms. The van der Waals surface area contributed by atoms with Crippen molar-refractivity contribution < 1.29 is 4.74 Å². The molecule has 0 saturated heterocycles. The summed E-state index contributed by atoms with van der Waals surface area (Å²) in [5, 5.41) is 3.56. The van der Waals surface area contributed by atoms with Gasteiger partial charge in [-0.2, -0.15) is 0 Å². The average Bonchev–Trinajstić information content (AvgIpc) is 2.21. The Balaban J connectivity index is 4.36. The van der Waals surface area contributed by atoms with E-state index < -0.39 is 0 Å². The van der Waals surface area contributed by atoms with Gasteiger partial charge in [-0.3, -0.25) is 0 Å². The lowest BCUT2D eigenvalue weighted by Gasteiger charge is -2.32. The van der Waals surface area contributed by atoms with Gasteiger partial charge in [0.05, 0.1) is 6.10 Å². The molecule has 0 aliphatic heterocycles. The van der Waals surface area contributed by atoms with E-state index in [1.165, 1.54) is 12.8 Å². The van der Waals surface area contributed by atoms with Gasteiger partial charge in [-0.15, -0.1) is 0 Å². The summed E-state index contributed by atoms with van der Waals surface area (Å²) in [4.78, 5) is 0. The fourth-order valence-electron chi connectivity index (χ4n) is 2.20. The molecule has 0 aromatic carbocycles. The van der Waals surface area contributed by atoms with Crippen LogP contribution in [0.2, 0.25) is 0 Å². The van der Waals surface area contributed by atoms with Crippen molar-refractivity contribution in [2.24, 2.45) is 5.92 Å². The van der Waals surface area contributed by atoms with Crippen LogP contribution < -0.4 is 5.32 Å². The second kappa shape index (κ2) is 8.25. The number of nitrogens with one attached hydrogen (secondary N) is 1. The van der Waals surface area contributed by atoms with E-state index in [1.807, 2.05) is 7.11 Å². The highest BCUT2D eigenvalue weighted by molar-refractivity contribution is 4.81. The normalized spacial score (nSPS) is 15.9. The van der Waals surface area contributed by atoms with Gasteiger partial charge in [0, 0.05) is 13.2 Å². The molecule has 0 saturated carbocycles. The summed E-state index contributed by atoms with van der Waals surface area (Å²) in [7, 11) is 1.82. The van der Waals surface area contributed by atoms with E-state index in [4.69, 9.17) is 4.74 Å². The topological polar surface area (TPSA) is 21.3 Å². The highest BCUT2D eigenvalue weighted by atomic mass is 16.5. The Hall–Kier alpha value is -0.0800. The molecule has 0 heterocycles. The van der Waals surface area contributed by atoms with Crippen molar-refractivity contribution in [1.82, 2.24) is 5.32 Å². The molecule has 86 valence electrons. The van der Waals surface area contributed by atoms with Crippen LogP contribution in [-0.4, -0.2) is 25.8 Å². The quantitative estimate of drug-likeness (QED) is 0.652. The third kappa shape index (κ3) is 3.97. The Morgan fingerprint density at radius 3 is 1.86 bits per heavy atom. The van der Waals surface area contributed by atoms with Crippen LogP contribution in [0.15, 0.2) is 0 Å². The lowest BCUT2D eigenvalue weighted by Crippen LogP contribution is -2.45. The third-order valence-corrected chi connectivity index (χ3v) is 3.10. The van der Waals surface area contributed by atoms with Crippen molar-refractivity contribution in [2.75, 3.05) is 13.7 Å². The van der Waals surface area contributed by atoms with Gasteiger partial charge in [0.25, 0.3) is 0 Å². The average molecular weight is 201 g/mol. The Kier molecular flexibility index (Phi) is 8.20. The molecular formula is C12H27NO. The maximum atomic E-state index is 5.54. The Morgan fingerprint density at radius 2 is 1.57 bits per heavy atom. The number of methoxy groups -OCH3 is 1. The molecule has 2 heteroatoms. The van der Waals surface area contributed by atoms with E-state index in [2.05, 4.69) is 33.0 Å². The molecule has 2 atom stereocenters. The number of rotatable bonds is 8. The standard InChI is InChI=1S/C12H27NO/c1-6-10(7-2)12(13-9-4)11(8-3)14-5/h10-13H,6-9H2,1-5H3. The van der Waals surface area contributed by atoms with Gasteiger partial charge in [0.15, 0.2) is 0 Å². The van der Waals surface area contributed by atoms with Crippen molar-refractivity contribution in [3.8, 4) is 0 Å². The molecule has 0 aromatic rings. The van der Waals surface area contributed by atoms with Gasteiger partial charge in [-0.1, -0.05) is 40.5 Å². The summed E-state index contributed by atoms with van der Waals surface area (Å²) in [5.41, 5.74) is 0. The highest BCUT2D eigenvalue weighted by Gasteiger charge is 2.25. The van der Waals surface area contributed by atoms with E-state index in [1.54, 1.807) is 0 Å². The second-order valence-electron chi connectivity index (χ2n) is 3.84. The molecule has 0 rings (SSSR count). The molecule has 2 nitrogen and oxygen atoms in total. The first-order valence-electron chi connectivity index (χ1n) is 6.01. The molecular weight excluding hydrogens is 174 g/mol. The second-order valence-corrected chi connectivity index (χ2v) is 3.84. The largest absolute Gasteiger partial charge is 0.380 e. The summed E-state index contributed by atoms with van der Waals surface area (Å²) >= 11 is 0. The SMILES string of the molecule is CCNC(C(CC)CC)C(CC)OC. The van der Waals surface area contributed by atoms with E-state index in [-0.39, 0.29) is 0 Å². The summed E-state index contributed by atoms with van der Waals surface area (Å²) < 4.78 is 5.54. The predicted molar refractivity (Wildman–Crippen MR) is 62.6 cm³/mol. The minimum atomic E-state index is 0.361. The van der Waals surface area contributed by atoms with Crippen molar-refractivity contribution in [3.05, 3.63) is 0 Å². The van der Waals surface area contributed by atoms with E-state index in [0.29, 0.717) is 12.1 Å². The molecule has 0 radical (unpaired) electrons. The van der Waals surface area contributed by atoms with Crippen molar-refractivity contribution >= 4 is 0 Å². The number of hydrogen-bond acceptors (Lipinski definition) is 2. The van der Waals surface area contributed by atoms with Crippen LogP contribution in [-0.2, 0) is 4.74 Å². The third-order valence-electron chi connectivity index (χ3n) is 3.10. The summed E-state index contributed by atoms with van der Waals surface area (Å²) in [6.45, 7) is 9.92.